The summed E-state index contributed by atoms with van der Waals surface area (Å²) in [4.78, 5) is 7.72. The normalized spacial score (nSPS) is 37.2. The van der Waals surface area contributed by atoms with Crippen LogP contribution < -0.4 is 5.32 Å². The number of rotatable bonds is 2. The average Bonchev–Trinajstić information content (AvgIpc) is 2.94. The summed E-state index contributed by atoms with van der Waals surface area (Å²) in [5.41, 5.74) is 0.306. The molecule has 1 unspecified atom stereocenters. The molecule has 0 aromatic carbocycles. The highest BCUT2D eigenvalue weighted by Gasteiger charge is 2.44. The third kappa shape index (κ3) is 1.83. The third-order valence-corrected chi connectivity index (χ3v) is 3.27. The first-order chi connectivity index (χ1) is 9.13. The fourth-order valence-corrected chi connectivity index (χ4v) is 2.26. The van der Waals surface area contributed by atoms with Crippen molar-refractivity contribution in [1.82, 2.24) is 9.55 Å². The van der Waals surface area contributed by atoms with Crippen LogP contribution >= 0.6 is 0 Å². The van der Waals surface area contributed by atoms with E-state index in [9.17, 15) is 15.3 Å². The van der Waals surface area contributed by atoms with Gasteiger partial charge in [-0.1, -0.05) is 0 Å². The average molecular weight is 270 g/mol. The van der Waals surface area contributed by atoms with Gasteiger partial charge in [0.2, 0.25) is 0 Å². The van der Waals surface area contributed by atoms with Gasteiger partial charge in [0.25, 0.3) is 0 Å². The molecule has 0 bridgehead atoms. The molecule has 2 aliphatic heterocycles. The summed E-state index contributed by atoms with van der Waals surface area (Å²) in [6.07, 6.45) is -2.53. The number of ether oxygens (including phenoxy) is 1. The van der Waals surface area contributed by atoms with Gasteiger partial charge in [-0.15, -0.1) is 0 Å². The molecule has 0 spiro atoms. The highest BCUT2D eigenvalue weighted by molar-refractivity contribution is 5.77. The van der Waals surface area contributed by atoms with Gasteiger partial charge >= 0.3 is 0 Å². The van der Waals surface area contributed by atoms with Gasteiger partial charge < -0.3 is 30.5 Å². The maximum absolute atomic E-state index is 9.94. The van der Waals surface area contributed by atoms with Crippen molar-refractivity contribution in [3.05, 3.63) is 12.0 Å². The van der Waals surface area contributed by atoms with E-state index in [1.165, 1.54) is 17.2 Å². The molecule has 3 rings (SSSR count). The zero-order valence-electron chi connectivity index (χ0n) is 9.79. The minimum absolute atomic E-state index is 0.306. The molecule has 1 aromatic rings. The van der Waals surface area contributed by atoms with Crippen LogP contribution in [0.1, 0.15) is 18.1 Å². The molecule has 0 saturated carbocycles. The van der Waals surface area contributed by atoms with E-state index in [2.05, 4.69) is 15.3 Å². The van der Waals surface area contributed by atoms with Gasteiger partial charge in [-0.05, 0) is 0 Å². The summed E-state index contributed by atoms with van der Waals surface area (Å²) in [7, 11) is 0. The maximum Gasteiger partial charge on any atom is 0.193 e. The zero-order valence-corrected chi connectivity index (χ0v) is 9.79. The van der Waals surface area contributed by atoms with Crippen LogP contribution in [0.4, 0.5) is 5.82 Å². The van der Waals surface area contributed by atoms with E-state index in [-0.39, 0.29) is 0 Å². The van der Waals surface area contributed by atoms with Gasteiger partial charge in [-0.25, -0.2) is 9.98 Å². The Morgan fingerprint density at radius 3 is 2.79 bits per heavy atom. The second-order valence-electron chi connectivity index (χ2n) is 4.41. The first kappa shape index (κ1) is 12.5. The lowest BCUT2D eigenvalue weighted by atomic mass is 10.1. The van der Waals surface area contributed by atoms with E-state index < -0.39 is 37.4 Å². The molecule has 0 amide bonds. The van der Waals surface area contributed by atoms with Gasteiger partial charge in [-0.3, -0.25) is 4.57 Å². The van der Waals surface area contributed by atoms with E-state index in [0.717, 1.165) is 0 Å². The van der Waals surface area contributed by atoms with Crippen molar-refractivity contribution >= 4 is 12.2 Å². The monoisotopic (exact) mass is 270 g/mol. The number of anilines is 1. The molecule has 5 N–H and O–H groups in total. The zero-order chi connectivity index (χ0) is 13.6. The summed E-state index contributed by atoms with van der Waals surface area (Å²) in [5, 5.41) is 41.1. The van der Waals surface area contributed by atoms with E-state index in [1.807, 2.05) is 0 Å². The summed E-state index contributed by atoms with van der Waals surface area (Å²) >= 11 is 0. The molecule has 0 radical (unpaired) electrons. The number of hydrogen-bond donors (Lipinski definition) is 5. The first-order valence-corrected chi connectivity index (χ1v) is 5.79. The van der Waals surface area contributed by atoms with Crippen molar-refractivity contribution in [3.8, 4) is 0 Å². The van der Waals surface area contributed by atoms with Gasteiger partial charge in [0.05, 0.1) is 19.3 Å². The molecule has 1 fully saturated rings. The molecule has 1 aromatic heterocycles. The molecular formula is C10H14N4O5. The van der Waals surface area contributed by atoms with E-state index >= 15 is 0 Å². The van der Waals surface area contributed by atoms with Crippen molar-refractivity contribution in [1.29, 1.82) is 0 Å². The molecule has 104 valence electrons. The second-order valence-corrected chi connectivity index (χ2v) is 4.41. The summed E-state index contributed by atoms with van der Waals surface area (Å²) in [6, 6.07) is 0. The number of hydrogen-bond acceptors (Lipinski definition) is 8. The minimum atomic E-state index is -1.20. The Balaban J connectivity index is 1.92. The van der Waals surface area contributed by atoms with Crippen LogP contribution in [0.15, 0.2) is 11.3 Å². The number of aliphatic hydroxyl groups excluding tert-OH is 4. The van der Waals surface area contributed by atoms with Crippen LogP contribution in [-0.4, -0.2) is 61.2 Å². The van der Waals surface area contributed by atoms with Gasteiger partial charge in [0.15, 0.2) is 12.5 Å². The fourth-order valence-electron chi connectivity index (χ4n) is 2.26. The maximum atomic E-state index is 9.94. The second kappa shape index (κ2) is 4.54. The highest BCUT2D eigenvalue weighted by atomic mass is 16.6. The highest BCUT2D eigenvalue weighted by Crippen LogP contribution is 2.34. The van der Waals surface area contributed by atoms with Crippen LogP contribution in [0.2, 0.25) is 0 Å². The summed E-state index contributed by atoms with van der Waals surface area (Å²) < 4.78 is 6.84. The van der Waals surface area contributed by atoms with Crippen molar-refractivity contribution in [3.63, 3.8) is 0 Å². The van der Waals surface area contributed by atoms with Crippen LogP contribution in [0.5, 0.6) is 0 Å². The fraction of sp³-hybridized carbons (Fsp3) is 0.600. The SMILES string of the molecule is OC[C@H]1O[C@@H](n2cnc3c2NC=NC3O)[C@H](O)[C@@H]1O. The number of nitrogens with one attached hydrogen (secondary N) is 1. The number of aliphatic hydroxyl groups is 4. The Morgan fingerprint density at radius 1 is 1.32 bits per heavy atom. The largest absolute Gasteiger partial charge is 0.394 e. The van der Waals surface area contributed by atoms with E-state index in [0.29, 0.717) is 11.5 Å². The van der Waals surface area contributed by atoms with Crippen LogP contribution in [-0.2, 0) is 4.74 Å². The Morgan fingerprint density at radius 2 is 2.11 bits per heavy atom. The molecular weight excluding hydrogens is 256 g/mol. The number of nitrogens with zero attached hydrogens (tertiary/aromatic N) is 3. The van der Waals surface area contributed by atoms with Crippen molar-refractivity contribution in [2.75, 3.05) is 11.9 Å². The Hall–Kier alpha value is -1.52. The lowest BCUT2D eigenvalue weighted by Gasteiger charge is -2.21. The van der Waals surface area contributed by atoms with Crippen molar-refractivity contribution < 1.29 is 25.2 Å². The standard InChI is InChI=1S/C10H14N4O5/c15-1-4-6(16)7(17)10(19-4)14-3-13-5-8(14)11-2-12-9(5)18/h2-4,6-7,9-10,15-18H,1H2,(H,11,12)/t4-,6-,7-,9?,10-/m1/s1. The number of imidazole rings is 1. The van der Waals surface area contributed by atoms with Crippen molar-refractivity contribution in [2.45, 2.75) is 30.8 Å². The number of aromatic nitrogens is 2. The predicted molar refractivity (Wildman–Crippen MR) is 62.3 cm³/mol. The molecule has 3 heterocycles. The molecule has 19 heavy (non-hydrogen) atoms. The smallest absolute Gasteiger partial charge is 0.193 e. The minimum Gasteiger partial charge on any atom is -0.394 e. The molecule has 0 aliphatic carbocycles. The summed E-state index contributed by atoms with van der Waals surface area (Å²) in [6.45, 7) is -0.400. The molecule has 1 saturated heterocycles. The molecule has 5 atom stereocenters. The Bertz CT molecular complexity index is 504. The first-order valence-electron chi connectivity index (χ1n) is 5.79. The van der Waals surface area contributed by atoms with Crippen LogP contribution in [0.25, 0.3) is 0 Å². The molecule has 2 aliphatic rings. The number of fused-ring (bicyclic) bond motifs is 1. The van der Waals surface area contributed by atoms with Gasteiger partial charge in [-0.2, -0.15) is 0 Å². The van der Waals surface area contributed by atoms with E-state index in [1.54, 1.807) is 0 Å². The Kier molecular flexibility index (Phi) is 2.99. The quantitative estimate of drug-likeness (QED) is 0.417. The van der Waals surface area contributed by atoms with E-state index in [4.69, 9.17) is 9.84 Å². The van der Waals surface area contributed by atoms with Crippen LogP contribution in [0.3, 0.4) is 0 Å². The van der Waals surface area contributed by atoms with Crippen molar-refractivity contribution in [2.24, 2.45) is 4.99 Å². The topological polar surface area (TPSA) is 132 Å². The molecule has 9 heteroatoms. The van der Waals surface area contributed by atoms with Gasteiger partial charge in [0.1, 0.15) is 29.8 Å². The predicted octanol–water partition coefficient (Wildman–Crippen LogP) is -2.06. The lowest BCUT2D eigenvalue weighted by Crippen LogP contribution is -2.33. The Labute approximate surface area is 107 Å². The molecule has 9 nitrogen and oxygen atoms in total. The third-order valence-electron chi connectivity index (χ3n) is 3.27. The number of aliphatic imine (C=N–C) groups is 1. The summed E-state index contributed by atoms with van der Waals surface area (Å²) in [5.74, 6) is 0.428. The van der Waals surface area contributed by atoms with Gasteiger partial charge in [0, 0.05) is 0 Å². The lowest BCUT2D eigenvalue weighted by molar-refractivity contribution is -0.0518. The van der Waals surface area contributed by atoms with Crippen LogP contribution in [0, 0.1) is 0 Å².